The number of nitrogens with one attached hydrogen (secondary N) is 4. The Kier molecular flexibility index (Phi) is 10.9. The number of H-pyrrole nitrogens is 3. The molecule has 3 atom stereocenters. The fourth-order valence-corrected chi connectivity index (χ4v) is 8.47. The molecule has 0 amide bonds. The maximum absolute atomic E-state index is 14.1. The minimum atomic E-state index is -1.28. The molecule has 5 N–H and O–H groups in total. The van der Waals surface area contributed by atoms with Gasteiger partial charge in [0.05, 0.1) is 12.3 Å². The number of hydrogen-bond donors (Lipinski definition) is 5. The first-order chi connectivity index (χ1) is 24.9. The van der Waals surface area contributed by atoms with Gasteiger partial charge in [-0.25, -0.2) is 0 Å². The molecule has 0 unspecified atom stereocenters. The van der Waals surface area contributed by atoms with Gasteiger partial charge in [-0.1, -0.05) is 58.4 Å². The SMILES string of the molecule is C=Cc1c2[nH]c(c1C)/C=C1\N/C(=C3\c4[nH]c(c(C)c4C(=O)[C@@H]3C(=O)O)/C=c3\[nH]/c(c(C)c3CC)=C\2)[C@@H](CCCOC/C=C(\C)CCCC(C)C)[C@@H]1C. The molecule has 0 saturated carbocycles. The molecule has 52 heavy (non-hydrogen) atoms. The van der Waals surface area contributed by atoms with Crippen LogP contribution in [0.1, 0.15) is 128 Å². The second kappa shape index (κ2) is 15.2. The zero-order valence-corrected chi connectivity index (χ0v) is 32.2. The van der Waals surface area contributed by atoms with Crippen LogP contribution in [0.25, 0.3) is 29.9 Å². The van der Waals surface area contributed by atoms with E-state index in [2.05, 4.69) is 99.6 Å². The van der Waals surface area contributed by atoms with Crippen LogP contribution in [-0.2, 0) is 16.0 Å². The van der Waals surface area contributed by atoms with Crippen molar-refractivity contribution in [1.29, 1.82) is 0 Å². The molecule has 1 saturated heterocycles. The van der Waals surface area contributed by atoms with E-state index < -0.39 is 11.9 Å². The van der Waals surface area contributed by atoms with Crippen LogP contribution in [0, 0.1) is 44.4 Å². The van der Waals surface area contributed by atoms with Crippen LogP contribution in [-0.4, -0.2) is 45.0 Å². The lowest BCUT2D eigenvalue weighted by Crippen LogP contribution is -2.23. The molecular formula is C44H56N4O4. The summed E-state index contributed by atoms with van der Waals surface area (Å²) in [6, 6.07) is 0. The van der Waals surface area contributed by atoms with Crippen molar-refractivity contribution < 1.29 is 19.4 Å². The molecule has 8 bridgehead atoms. The van der Waals surface area contributed by atoms with Crippen molar-refractivity contribution in [3.8, 4) is 0 Å². The number of fused-ring (bicyclic) bond motifs is 7. The molecule has 8 nitrogen and oxygen atoms in total. The van der Waals surface area contributed by atoms with Gasteiger partial charge < -0.3 is 30.1 Å². The lowest BCUT2D eigenvalue weighted by Gasteiger charge is -2.19. The van der Waals surface area contributed by atoms with E-state index in [-0.39, 0.29) is 17.6 Å². The number of aliphatic carboxylic acids is 1. The molecule has 1 fully saturated rings. The third kappa shape index (κ3) is 6.85. The quantitative estimate of drug-likeness (QED) is 0.0705. The van der Waals surface area contributed by atoms with Gasteiger partial charge in [0.1, 0.15) is 5.92 Å². The average molecular weight is 705 g/mol. The highest BCUT2D eigenvalue weighted by molar-refractivity contribution is 6.24. The number of rotatable bonds is 13. The maximum Gasteiger partial charge on any atom is 0.319 e. The van der Waals surface area contributed by atoms with Gasteiger partial charge in [0.2, 0.25) is 0 Å². The minimum absolute atomic E-state index is 0.0365. The number of ether oxygens (including phenoxy) is 1. The molecule has 3 aromatic heterocycles. The Labute approximate surface area is 307 Å². The Bertz CT molecular complexity index is 2130. The van der Waals surface area contributed by atoms with Gasteiger partial charge >= 0.3 is 5.97 Å². The van der Waals surface area contributed by atoms with E-state index in [1.165, 1.54) is 24.0 Å². The highest BCUT2D eigenvalue weighted by atomic mass is 16.5. The number of carboxylic acids is 1. The number of carbonyl (C=O) groups is 2. The normalized spacial score (nSPS) is 23.2. The standard InChI is InChI=1S/C44H56N4O4/c1-10-29-25(6)32-20-34-27(8)31(16-13-18-52-19-17-24(5)15-12-14-23(3)4)41(47-34)39-40(44(50)51)43(49)38-28(9)35(48-42(38)39)22-37-30(11-2)26(7)33(46-37)21-36(29)45-32/h10,17,20-23,27,31,40,45-48H,1,11-16,18-19H2,2-9H3,(H,50,51)/b24-17+,33-21-,34-20-,37-22-,41-39-/t27-,31-,40+/m0/s1. The van der Waals surface area contributed by atoms with Gasteiger partial charge in [-0.05, 0) is 106 Å². The third-order valence-corrected chi connectivity index (χ3v) is 11.6. The lowest BCUT2D eigenvalue weighted by molar-refractivity contribution is -0.138. The number of aromatic nitrogens is 3. The minimum Gasteiger partial charge on any atom is -0.480 e. The van der Waals surface area contributed by atoms with Gasteiger partial charge in [-0.2, -0.15) is 0 Å². The summed E-state index contributed by atoms with van der Waals surface area (Å²) in [4.78, 5) is 37.9. The molecule has 3 aromatic rings. The van der Waals surface area contributed by atoms with E-state index >= 15 is 0 Å². The van der Waals surface area contributed by atoms with Crippen LogP contribution in [0.4, 0.5) is 0 Å². The third-order valence-electron chi connectivity index (χ3n) is 11.6. The van der Waals surface area contributed by atoms with Crippen molar-refractivity contribution in [1.82, 2.24) is 20.3 Å². The Hall–Kier alpha value is -4.56. The molecule has 1 aliphatic carbocycles. The zero-order valence-electron chi connectivity index (χ0n) is 32.2. The summed E-state index contributed by atoms with van der Waals surface area (Å²) in [5.74, 6) is -2.05. The fourth-order valence-electron chi connectivity index (χ4n) is 8.47. The van der Waals surface area contributed by atoms with Crippen LogP contribution in [0.15, 0.2) is 29.6 Å². The highest BCUT2D eigenvalue weighted by Gasteiger charge is 2.48. The molecule has 8 heteroatoms. The summed E-state index contributed by atoms with van der Waals surface area (Å²) >= 11 is 0. The average Bonchev–Trinajstić information content (AvgIpc) is 3.83. The van der Waals surface area contributed by atoms with Gasteiger partial charge in [0.15, 0.2) is 5.78 Å². The molecule has 276 valence electrons. The second-order valence-corrected chi connectivity index (χ2v) is 15.4. The lowest BCUT2D eigenvalue weighted by atomic mass is 9.85. The topological polar surface area (TPSA) is 123 Å². The predicted octanol–water partition coefficient (Wildman–Crippen LogP) is 7.85. The molecule has 6 rings (SSSR count). The predicted molar refractivity (Wildman–Crippen MR) is 211 cm³/mol. The fraction of sp³-hybridized carbons (Fsp3) is 0.455. The molecule has 3 aliphatic rings. The van der Waals surface area contributed by atoms with E-state index in [9.17, 15) is 14.7 Å². The van der Waals surface area contributed by atoms with Crippen molar-refractivity contribution in [2.24, 2.45) is 23.7 Å². The Morgan fingerprint density at radius 2 is 1.73 bits per heavy atom. The van der Waals surface area contributed by atoms with Crippen LogP contribution in [0.2, 0.25) is 0 Å². The summed E-state index contributed by atoms with van der Waals surface area (Å²) in [5.41, 5.74) is 12.8. The molecule has 0 spiro atoms. The molecule has 2 aliphatic heterocycles. The van der Waals surface area contributed by atoms with Crippen molar-refractivity contribution >= 4 is 41.6 Å². The summed E-state index contributed by atoms with van der Waals surface area (Å²) in [7, 11) is 0. The van der Waals surface area contributed by atoms with E-state index in [4.69, 9.17) is 4.74 Å². The number of carboxylic acid groups (broad SMARTS) is 1. The van der Waals surface area contributed by atoms with Crippen LogP contribution in [0.3, 0.4) is 0 Å². The van der Waals surface area contributed by atoms with Crippen LogP contribution < -0.4 is 16.0 Å². The number of aromatic amines is 3. The molecule has 0 radical (unpaired) electrons. The summed E-state index contributed by atoms with van der Waals surface area (Å²) in [6.45, 7) is 22.5. The summed E-state index contributed by atoms with van der Waals surface area (Å²) in [6.07, 6.45) is 16.4. The van der Waals surface area contributed by atoms with Crippen molar-refractivity contribution in [3.63, 3.8) is 0 Å². The van der Waals surface area contributed by atoms with Crippen molar-refractivity contribution in [2.45, 2.75) is 93.9 Å². The monoisotopic (exact) mass is 704 g/mol. The van der Waals surface area contributed by atoms with Crippen LogP contribution >= 0.6 is 0 Å². The smallest absolute Gasteiger partial charge is 0.319 e. The Morgan fingerprint density at radius 3 is 2.42 bits per heavy atom. The van der Waals surface area contributed by atoms with Gasteiger partial charge in [-0.15, -0.1) is 0 Å². The maximum atomic E-state index is 14.1. The second-order valence-electron chi connectivity index (χ2n) is 15.4. The Morgan fingerprint density at radius 1 is 1.00 bits per heavy atom. The van der Waals surface area contributed by atoms with E-state index in [0.717, 1.165) is 93.0 Å². The molecular weight excluding hydrogens is 649 g/mol. The zero-order chi connectivity index (χ0) is 37.4. The van der Waals surface area contributed by atoms with Gasteiger partial charge in [0, 0.05) is 74.3 Å². The number of ketones is 1. The molecule has 5 heterocycles. The number of carbonyl (C=O) groups excluding carboxylic acids is 1. The van der Waals surface area contributed by atoms with Crippen molar-refractivity contribution in [2.75, 3.05) is 13.2 Å². The highest BCUT2D eigenvalue weighted by Crippen LogP contribution is 2.48. The van der Waals surface area contributed by atoms with Gasteiger partial charge in [-0.3, -0.25) is 9.59 Å². The molecule has 0 aromatic carbocycles. The summed E-state index contributed by atoms with van der Waals surface area (Å²) in [5, 5.41) is 16.2. The van der Waals surface area contributed by atoms with Gasteiger partial charge in [0.25, 0.3) is 0 Å². The van der Waals surface area contributed by atoms with Crippen LogP contribution in [0.5, 0.6) is 0 Å². The van der Waals surface area contributed by atoms with E-state index in [1.54, 1.807) is 0 Å². The largest absolute Gasteiger partial charge is 0.480 e. The first-order valence-electron chi connectivity index (χ1n) is 19.1. The number of allylic oxidation sites excluding steroid dienone is 3. The summed E-state index contributed by atoms with van der Waals surface area (Å²) < 4.78 is 6.08. The number of Topliss-reactive ketones (excluding diaryl/α,β-unsaturated/α-hetero) is 1. The first-order valence-corrected chi connectivity index (χ1v) is 19.1. The Balaban J connectivity index is 1.44. The van der Waals surface area contributed by atoms with E-state index in [1.807, 2.05) is 13.0 Å². The van der Waals surface area contributed by atoms with E-state index in [0.29, 0.717) is 30.0 Å². The first kappa shape index (κ1) is 37.2. The van der Waals surface area contributed by atoms with Crippen molar-refractivity contribution in [3.05, 3.63) is 96.5 Å². The number of hydrogen-bond acceptors (Lipinski definition) is 4.